The van der Waals surface area contributed by atoms with Gasteiger partial charge in [-0.2, -0.15) is 0 Å². The maximum absolute atomic E-state index is 12.6. The molecule has 1 aliphatic rings. The van der Waals surface area contributed by atoms with Gasteiger partial charge in [-0.15, -0.1) is 0 Å². The minimum absolute atomic E-state index is 0.260. The number of nitrogens with one attached hydrogen (secondary N) is 1. The van der Waals surface area contributed by atoms with Gasteiger partial charge in [-0.25, -0.2) is 0 Å². The van der Waals surface area contributed by atoms with Crippen molar-refractivity contribution in [1.29, 1.82) is 0 Å². The van der Waals surface area contributed by atoms with Crippen molar-refractivity contribution in [3.63, 3.8) is 0 Å². The molecule has 2 aromatic rings. The van der Waals surface area contributed by atoms with Gasteiger partial charge in [0.25, 0.3) is 11.8 Å². The van der Waals surface area contributed by atoms with Crippen LogP contribution in [0.4, 0.5) is 11.4 Å². The Hall–Kier alpha value is -3.22. The molecule has 0 bridgehead atoms. The molecule has 2 aromatic carbocycles. The summed E-state index contributed by atoms with van der Waals surface area (Å²) in [5.74, 6) is 0.645. The third-order valence-electron chi connectivity index (χ3n) is 5.07. The van der Waals surface area contributed by atoms with Gasteiger partial charge in [0.1, 0.15) is 0 Å². The van der Waals surface area contributed by atoms with Gasteiger partial charge in [-0.05, 0) is 61.2 Å². The summed E-state index contributed by atoms with van der Waals surface area (Å²) in [6.45, 7) is 4.17. The average molecular weight is 397 g/mol. The van der Waals surface area contributed by atoms with Gasteiger partial charge in [0.15, 0.2) is 18.1 Å². The minimum atomic E-state index is -0.587. The minimum Gasteiger partial charge on any atom is -0.493 e. The van der Waals surface area contributed by atoms with E-state index in [0.717, 1.165) is 24.7 Å². The fraction of sp³-hybridized carbons (Fsp3) is 0.364. The first-order valence-corrected chi connectivity index (χ1v) is 9.71. The molecule has 0 unspecified atom stereocenters. The van der Waals surface area contributed by atoms with Crippen molar-refractivity contribution in [1.82, 2.24) is 0 Å². The van der Waals surface area contributed by atoms with E-state index in [9.17, 15) is 9.59 Å². The first kappa shape index (κ1) is 20.5. The van der Waals surface area contributed by atoms with Crippen molar-refractivity contribution in [3.8, 4) is 11.5 Å². The molecule has 0 aromatic heterocycles. The van der Waals surface area contributed by atoms with Crippen molar-refractivity contribution < 1.29 is 19.1 Å². The zero-order chi connectivity index (χ0) is 20.8. The van der Waals surface area contributed by atoms with Crippen LogP contribution in [0.15, 0.2) is 42.5 Å². The lowest BCUT2D eigenvalue weighted by molar-refractivity contribution is -0.119. The van der Waals surface area contributed by atoms with Crippen LogP contribution in [0.25, 0.3) is 0 Å². The molecule has 1 aliphatic heterocycles. The molecule has 0 spiro atoms. The van der Waals surface area contributed by atoms with E-state index in [2.05, 4.69) is 17.1 Å². The molecule has 0 aliphatic carbocycles. The highest BCUT2D eigenvalue weighted by molar-refractivity contribution is 6.04. The second kappa shape index (κ2) is 9.32. The van der Waals surface area contributed by atoms with Gasteiger partial charge in [0, 0.05) is 30.0 Å². The number of hydrogen-bond acceptors (Lipinski definition) is 5. The lowest BCUT2D eigenvalue weighted by Gasteiger charge is -2.32. The summed E-state index contributed by atoms with van der Waals surface area (Å²) < 4.78 is 10.5. The standard InChI is InChI=1S/C22H27N3O4/c1-15-9-11-25(12-10-15)18-6-4-17(5-7-18)24-22(27)16-3-8-19(20(13-16)28-2)29-14-21(23)26/h3-8,13,15H,9-12,14H2,1-2H3,(H2,23,26)(H,24,27). The molecule has 2 amide bonds. The number of primary amides is 1. The van der Waals surface area contributed by atoms with Gasteiger partial charge in [0.2, 0.25) is 0 Å². The van der Waals surface area contributed by atoms with Crippen LogP contribution in [0.2, 0.25) is 0 Å². The Morgan fingerprint density at radius 2 is 1.79 bits per heavy atom. The number of ether oxygens (including phenoxy) is 2. The molecular weight excluding hydrogens is 370 g/mol. The molecule has 3 rings (SSSR count). The molecule has 1 heterocycles. The van der Waals surface area contributed by atoms with Crippen LogP contribution in [0.5, 0.6) is 11.5 Å². The SMILES string of the molecule is COc1cc(C(=O)Nc2ccc(N3CCC(C)CC3)cc2)ccc1OCC(N)=O. The molecule has 7 heteroatoms. The van der Waals surface area contributed by atoms with E-state index < -0.39 is 5.91 Å². The van der Waals surface area contributed by atoms with Crippen LogP contribution < -0.4 is 25.4 Å². The molecule has 0 saturated carbocycles. The molecule has 0 atom stereocenters. The molecule has 154 valence electrons. The molecular formula is C22H27N3O4. The summed E-state index contributed by atoms with van der Waals surface area (Å²) in [5.41, 5.74) is 7.40. The molecule has 1 saturated heterocycles. The topological polar surface area (TPSA) is 93.9 Å². The van der Waals surface area contributed by atoms with Crippen LogP contribution in [0.3, 0.4) is 0 Å². The maximum atomic E-state index is 12.6. The number of nitrogens with zero attached hydrogens (tertiary/aromatic N) is 1. The Labute approximate surface area is 170 Å². The van der Waals surface area contributed by atoms with Gasteiger partial charge >= 0.3 is 0 Å². The van der Waals surface area contributed by atoms with E-state index >= 15 is 0 Å². The molecule has 1 fully saturated rings. The quantitative estimate of drug-likeness (QED) is 0.749. The fourth-order valence-corrected chi connectivity index (χ4v) is 3.30. The lowest BCUT2D eigenvalue weighted by atomic mass is 9.99. The second-order valence-corrected chi connectivity index (χ2v) is 7.29. The number of hydrogen-bond donors (Lipinski definition) is 2. The van der Waals surface area contributed by atoms with Crippen molar-refractivity contribution >= 4 is 23.2 Å². The number of amides is 2. The fourth-order valence-electron chi connectivity index (χ4n) is 3.30. The zero-order valence-electron chi connectivity index (χ0n) is 16.8. The average Bonchev–Trinajstić information content (AvgIpc) is 2.73. The third-order valence-corrected chi connectivity index (χ3v) is 5.07. The summed E-state index contributed by atoms with van der Waals surface area (Å²) >= 11 is 0. The van der Waals surface area contributed by atoms with Crippen LogP contribution in [0, 0.1) is 5.92 Å². The highest BCUT2D eigenvalue weighted by Crippen LogP contribution is 2.29. The van der Waals surface area contributed by atoms with Gasteiger partial charge in [-0.1, -0.05) is 6.92 Å². The van der Waals surface area contributed by atoms with E-state index in [1.54, 1.807) is 18.2 Å². The maximum Gasteiger partial charge on any atom is 0.255 e. The number of carbonyl (C=O) groups excluding carboxylic acids is 2. The van der Waals surface area contributed by atoms with E-state index in [0.29, 0.717) is 17.1 Å². The van der Waals surface area contributed by atoms with Crippen molar-refractivity contribution in [2.75, 3.05) is 37.0 Å². The highest BCUT2D eigenvalue weighted by atomic mass is 16.5. The highest BCUT2D eigenvalue weighted by Gasteiger charge is 2.16. The van der Waals surface area contributed by atoms with Gasteiger partial charge in [-0.3, -0.25) is 9.59 Å². The predicted octanol–water partition coefficient (Wildman–Crippen LogP) is 3.05. The summed E-state index contributed by atoms with van der Waals surface area (Å²) in [5, 5.41) is 2.89. The largest absolute Gasteiger partial charge is 0.493 e. The number of nitrogens with two attached hydrogens (primary N) is 1. The normalized spacial score (nSPS) is 14.3. The Bertz CT molecular complexity index is 859. The number of piperidine rings is 1. The molecule has 3 N–H and O–H groups in total. The van der Waals surface area contributed by atoms with Crippen LogP contribution in [-0.2, 0) is 4.79 Å². The van der Waals surface area contributed by atoms with Crippen LogP contribution in [0.1, 0.15) is 30.1 Å². The summed E-state index contributed by atoms with van der Waals surface area (Å²) in [6, 6.07) is 12.6. The van der Waals surface area contributed by atoms with Gasteiger partial charge < -0.3 is 25.4 Å². The van der Waals surface area contributed by atoms with Crippen LogP contribution in [-0.4, -0.2) is 38.6 Å². The van der Waals surface area contributed by atoms with Crippen molar-refractivity contribution in [3.05, 3.63) is 48.0 Å². The van der Waals surface area contributed by atoms with E-state index in [1.165, 1.54) is 25.6 Å². The molecule has 0 radical (unpaired) electrons. The molecule has 7 nitrogen and oxygen atoms in total. The summed E-state index contributed by atoms with van der Waals surface area (Å²) in [7, 11) is 1.47. The van der Waals surface area contributed by atoms with Gasteiger partial charge in [0.05, 0.1) is 7.11 Å². The van der Waals surface area contributed by atoms with Crippen molar-refractivity contribution in [2.45, 2.75) is 19.8 Å². The van der Waals surface area contributed by atoms with E-state index in [-0.39, 0.29) is 12.5 Å². The number of carbonyl (C=O) groups is 2. The predicted molar refractivity (Wildman–Crippen MR) is 113 cm³/mol. The Kier molecular flexibility index (Phi) is 6.59. The third kappa shape index (κ3) is 5.40. The summed E-state index contributed by atoms with van der Waals surface area (Å²) in [6.07, 6.45) is 2.42. The van der Waals surface area contributed by atoms with Crippen LogP contribution >= 0.6 is 0 Å². The Morgan fingerprint density at radius 3 is 2.41 bits per heavy atom. The Morgan fingerprint density at radius 1 is 1.10 bits per heavy atom. The number of rotatable bonds is 7. The van der Waals surface area contributed by atoms with E-state index in [1.807, 2.05) is 24.3 Å². The lowest BCUT2D eigenvalue weighted by Crippen LogP contribution is -2.32. The number of methoxy groups -OCH3 is 1. The first-order chi connectivity index (χ1) is 14.0. The molecule has 29 heavy (non-hydrogen) atoms. The number of benzene rings is 2. The van der Waals surface area contributed by atoms with Crippen molar-refractivity contribution in [2.24, 2.45) is 11.7 Å². The number of anilines is 2. The Balaban J connectivity index is 1.64. The first-order valence-electron chi connectivity index (χ1n) is 9.71. The van der Waals surface area contributed by atoms with E-state index in [4.69, 9.17) is 15.2 Å². The summed E-state index contributed by atoms with van der Waals surface area (Å²) in [4.78, 5) is 25.8. The monoisotopic (exact) mass is 397 g/mol. The zero-order valence-corrected chi connectivity index (χ0v) is 16.8. The smallest absolute Gasteiger partial charge is 0.255 e. The second-order valence-electron chi connectivity index (χ2n) is 7.29.